The minimum atomic E-state index is -1.31. The number of carbonyl (C=O) groups excluding carboxylic acids is 3. The molecule has 250 valence electrons. The molecule has 2 aromatic heterocycles. The number of thiophene rings is 1. The van der Waals surface area contributed by atoms with E-state index in [2.05, 4.69) is 40.9 Å². The molecule has 1 aliphatic rings. The Hall–Kier alpha value is -5.00. The molecule has 11 heteroatoms. The van der Waals surface area contributed by atoms with Crippen LogP contribution in [-0.4, -0.2) is 42.2 Å². The summed E-state index contributed by atoms with van der Waals surface area (Å²) in [4.78, 5) is 49.0. The number of fused-ring (bicyclic) bond motifs is 2. The molecule has 9 nitrogen and oxygen atoms in total. The molecule has 6 rings (SSSR count). The lowest BCUT2D eigenvalue weighted by molar-refractivity contribution is -0.130. The normalized spacial score (nSPS) is 13.4. The van der Waals surface area contributed by atoms with Crippen molar-refractivity contribution in [3.8, 4) is 11.5 Å². The topological polar surface area (TPSA) is 111 Å². The average molecular weight is 693 g/mol. The maximum absolute atomic E-state index is 13.7. The van der Waals surface area contributed by atoms with Crippen LogP contribution in [0.1, 0.15) is 65.6 Å². The Kier molecular flexibility index (Phi) is 10.7. The monoisotopic (exact) mass is 692 g/mol. The Labute approximate surface area is 292 Å². The summed E-state index contributed by atoms with van der Waals surface area (Å²) < 4.78 is 12.3. The first-order chi connectivity index (χ1) is 23.9. The van der Waals surface area contributed by atoms with Crippen LogP contribution >= 0.6 is 22.7 Å². The van der Waals surface area contributed by atoms with E-state index in [9.17, 15) is 14.4 Å². The van der Waals surface area contributed by atoms with E-state index in [-0.39, 0.29) is 11.3 Å². The Balaban J connectivity index is 1.23. The number of Topliss-reactive ketones (excluding diaryl/α,β-unsaturated/α-hetero) is 2. The maximum atomic E-state index is 13.7. The van der Waals surface area contributed by atoms with Crippen LogP contribution in [0.3, 0.4) is 0 Å². The number of hydrogen-bond acceptors (Lipinski definition) is 11. The number of carbonyl (C=O) groups is 3. The third kappa shape index (κ3) is 7.68. The third-order valence-electron chi connectivity index (χ3n) is 8.20. The van der Waals surface area contributed by atoms with Gasteiger partial charge in [-0.15, -0.1) is 21.6 Å². The summed E-state index contributed by atoms with van der Waals surface area (Å²) in [5, 5.41) is 9.20. The fraction of sp³-hybridized carbons (Fsp3) is 0.263. The van der Waals surface area contributed by atoms with Crippen molar-refractivity contribution < 1.29 is 23.9 Å². The van der Waals surface area contributed by atoms with Gasteiger partial charge in [0.1, 0.15) is 22.2 Å². The van der Waals surface area contributed by atoms with E-state index in [1.807, 2.05) is 30.3 Å². The number of nitrogens with zero attached hydrogens (tertiary/aromatic N) is 4. The summed E-state index contributed by atoms with van der Waals surface area (Å²) in [6.45, 7) is 8.84. The lowest BCUT2D eigenvalue weighted by Gasteiger charge is -2.20. The number of hydrogen-bond donors (Lipinski definition) is 0. The zero-order chi connectivity index (χ0) is 34.3. The first-order valence-corrected chi connectivity index (χ1v) is 18.0. The predicted octanol–water partition coefficient (Wildman–Crippen LogP) is 9.87. The number of aromatic nitrogens is 1. The van der Waals surface area contributed by atoms with E-state index in [1.165, 1.54) is 22.7 Å². The molecular formula is C38H36N4O5S2. The summed E-state index contributed by atoms with van der Waals surface area (Å²) >= 11 is 2.69. The molecule has 3 aromatic carbocycles. The molecule has 2 heterocycles. The summed E-state index contributed by atoms with van der Waals surface area (Å²) in [5.41, 5.74) is 2.42. The summed E-state index contributed by atoms with van der Waals surface area (Å²) in [7, 11) is 0. The van der Waals surface area contributed by atoms with Gasteiger partial charge in [0.15, 0.2) is 11.6 Å². The molecule has 1 aliphatic carbocycles. The van der Waals surface area contributed by atoms with Crippen molar-refractivity contribution >= 4 is 72.3 Å². The van der Waals surface area contributed by atoms with Crippen LogP contribution in [0.5, 0.6) is 11.5 Å². The number of thiazole rings is 1. The standard InChI is InChI=1S/C38H36N4O5S2/c1-4-7-10-21-46-26-17-19-27(20-18-26)47-37(45)31(33-34(43)29-11-8-9-12-30(29)35(33)44)22-28-23-32-36(48-28)39-38(49-32)41-40-24-13-15-25(16-14-24)42(5-2)6-3/h8-9,11-20,22-23,33H,4-7,10,21H2,1-3H3/b31-22+,41-40+. The third-order valence-corrected chi connectivity index (χ3v) is 10.2. The lowest BCUT2D eigenvalue weighted by Crippen LogP contribution is -2.26. The molecule has 0 N–H and O–H groups in total. The van der Waals surface area contributed by atoms with Crippen molar-refractivity contribution in [2.24, 2.45) is 16.1 Å². The number of ketones is 2. The zero-order valence-electron chi connectivity index (χ0n) is 27.5. The van der Waals surface area contributed by atoms with Gasteiger partial charge in [0.25, 0.3) is 0 Å². The van der Waals surface area contributed by atoms with Gasteiger partial charge in [-0.2, -0.15) is 0 Å². The summed E-state index contributed by atoms with van der Waals surface area (Å²) in [6.07, 6.45) is 4.72. The molecule has 0 saturated heterocycles. The number of unbranched alkanes of at least 4 members (excludes halogenated alkanes) is 2. The van der Waals surface area contributed by atoms with Crippen LogP contribution < -0.4 is 14.4 Å². The number of anilines is 1. The number of rotatable bonds is 14. The minimum absolute atomic E-state index is 0.0342. The van der Waals surface area contributed by atoms with Crippen molar-refractivity contribution in [2.45, 2.75) is 40.0 Å². The van der Waals surface area contributed by atoms with Gasteiger partial charge < -0.3 is 14.4 Å². The van der Waals surface area contributed by atoms with Crippen molar-refractivity contribution in [3.63, 3.8) is 0 Å². The first-order valence-electron chi connectivity index (χ1n) is 16.4. The van der Waals surface area contributed by atoms with Gasteiger partial charge in [0.2, 0.25) is 5.13 Å². The first kappa shape index (κ1) is 33.9. The molecule has 0 radical (unpaired) electrons. The Morgan fingerprint density at radius 1 is 0.857 bits per heavy atom. The van der Waals surface area contributed by atoms with Crippen LogP contribution in [0.25, 0.3) is 15.6 Å². The Morgan fingerprint density at radius 2 is 1.53 bits per heavy atom. The van der Waals surface area contributed by atoms with Gasteiger partial charge in [-0.3, -0.25) is 9.59 Å². The molecule has 0 atom stereocenters. The van der Waals surface area contributed by atoms with Crippen molar-refractivity contribution in [2.75, 3.05) is 24.6 Å². The Morgan fingerprint density at radius 3 is 2.16 bits per heavy atom. The van der Waals surface area contributed by atoms with Crippen LogP contribution in [0.2, 0.25) is 0 Å². The quantitative estimate of drug-likeness (QED) is 0.0284. The van der Waals surface area contributed by atoms with E-state index in [0.717, 1.165) is 48.4 Å². The molecule has 0 unspecified atom stereocenters. The largest absolute Gasteiger partial charge is 0.494 e. The minimum Gasteiger partial charge on any atom is -0.494 e. The molecule has 0 amide bonds. The van der Waals surface area contributed by atoms with Crippen LogP contribution in [0.4, 0.5) is 16.5 Å². The predicted molar refractivity (Wildman–Crippen MR) is 195 cm³/mol. The molecule has 0 spiro atoms. The molecule has 0 fully saturated rings. The molecule has 0 bridgehead atoms. The Bertz CT molecular complexity index is 1960. The molecule has 5 aromatic rings. The van der Waals surface area contributed by atoms with E-state index >= 15 is 0 Å². The highest BCUT2D eigenvalue weighted by Gasteiger charge is 2.43. The van der Waals surface area contributed by atoms with Crippen LogP contribution in [0, 0.1) is 5.92 Å². The number of esters is 1. The number of azo groups is 1. The van der Waals surface area contributed by atoms with Crippen molar-refractivity contribution in [3.05, 3.63) is 100 Å². The van der Waals surface area contributed by atoms with Gasteiger partial charge >= 0.3 is 5.97 Å². The SMILES string of the molecule is CCCCCOc1ccc(OC(=O)/C(=C/c2cc3sc(/N=N/c4ccc(N(CC)CC)cc4)nc3s2)C2C(=O)c3ccccc3C2=O)cc1. The molecule has 49 heavy (non-hydrogen) atoms. The van der Waals surface area contributed by atoms with Crippen molar-refractivity contribution in [1.29, 1.82) is 0 Å². The summed E-state index contributed by atoms with van der Waals surface area (Å²) in [5.74, 6) is -1.99. The highest BCUT2D eigenvalue weighted by atomic mass is 32.1. The van der Waals surface area contributed by atoms with E-state index in [4.69, 9.17) is 9.47 Å². The van der Waals surface area contributed by atoms with Crippen LogP contribution in [0.15, 0.2) is 94.7 Å². The molecule has 0 aliphatic heterocycles. The van der Waals surface area contributed by atoms with E-state index in [0.29, 0.717) is 38.3 Å². The highest BCUT2D eigenvalue weighted by molar-refractivity contribution is 7.29. The van der Waals surface area contributed by atoms with Crippen LogP contribution in [-0.2, 0) is 4.79 Å². The second-order valence-electron chi connectivity index (χ2n) is 11.4. The van der Waals surface area contributed by atoms with E-state index in [1.54, 1.807) is 54.6 Å². The zero-order valence-corrected chi connectivity index (χ0v) is 29.2. The smallest absolute Gasteiger partial charge is 0.340 e. The number of ether oxygens (including phenoxy) is 2. The van der Waals surface area contributed by atoms with Gasteiger partial charge in [-0.25, -0.2) is 9.78 Å². The van der Waals surface area contributed by atoms with E-state index < -0.39 is 23.5 Å². The molecule has 0 saturated carbocycles. The van der Waals surface area contributed by atoms with Crippen molar-refractivity contribution in [1.82, 2.24) is 4.98 Å². The number of benzene rings is 3. The second kappa shape index (κ2) is 15.5. The average Bonchev–Trinajstić information content (AvgIpc) is 3.76. The second-order valence-corrected chi connectivity index (χ2v) is 13.5. The van der Waals surface area contributed by atoms with Gasteiger partial charge in [-0.05, 0) is 80.9 Å². The summed E-state index contributed by atoms with van der Waals surface area (Å²) in [6, 6.07) is 23.1. The van der Waals surface area contributed by atoms with Gasteiger partial charge in [0, 0.05) is 34.8 Å². The fourth-order valence-corrected chi connectivity index (χ4v) is 7.62. The van der Waals surface area contributed by atoms with Gasteiger partial charge in [-0.1, -0.05) is 55.4 Å². The molecular weight excluding hydrogens is 657 g/mol. The lowest BCUT2D eigenvalue weighted by atomic mass is 9.93. The van der Waals surface area contributed by atoms with Gasteiger partial charge in [0.05, 0.1) is 22.6 Å². The fourth-order valence-electron chi connectivity index (χ4n) is 5.63. The maximum Gasteiger partial charge on any atom is 0.340 e. The highest BCUT2D eigenvalue weighted by Crippen LogP contribution is 2.38.